The lowest BCUT2D eigenvalue weighted by molar-refractivity contribution is -0.124. The molecule has 176 valence electrons. The minimum Gasteiger partial charge on any atom is -0.477 e. The van der Waals surface area contributed by atoms with Crippen LogP contribution in [0.1, 0.15) is 80.8 Å². The molecule has 1 amide bonds. The Balaban J connectivity index is 1.93. The first kappa shape index (κ1) is 24.8. The minimum atomic E-state index is -0.979. The van der Waals surface area contributed by atoms with Crippen molar-refractivity contribution in [2.24, 2.45) is 23.2 Å². The second-order valence-corrected chi connectivity index (χ2v) is 12.1. The molecule has 2 saturated carbocycles. The van der Waals surface area contributed by atoms with Gasteiger partial charge in [-0.3, -0.25) is 4.79 Å². The van der Waals surface area contributed by atoms with Crippen molar-refractivity contribution < 1.29 is 14.7 Å². The molecule has 32 heavy (non-hydrogen) atoms. The quantitative estimate of drug-likeness (QED) is 0.584. The molecule has 0 atom stereocenters. The monoisotopic (exact) mass is 458 g/mol. The Morgan fingerprint density at radius 3 is 2.31 bits per heavy atom. The predicted octanol–water partition coefficient (Wildman–Crippen LogP) is 5.34. The highest BCUT2D eigenvalue weighted by atomic mass is 32.1. The van der Waals surface area contributed by atoms with Gasteiger partial charge in [-0.2, -0.15) is 0 Å². The molecule has 2 aliphatic carbocycles. The molecule has 0 saturated heterocycles. The summed E-state index contributed by atoms with van der Waals surface area (Å²) < 4.78 is 0. The maximum atomic E-state index is 13.8. The maximum absolute atomic E-state index is 13.8. The smallest absolute Gasteiger partial charge is 0.348 e. The van der Waals surface area contributed by atoms with Gasteiger partial charge in [0, 0.05) is 23.9 Å². The molecule has 2 aliphatic rings. The number of aromatic carboxylic acids is 1. The summed E-state index contributed by atoms with van der Waals surface area (Å²) in [5.74, 6) is 6.68. The zero-order chi connectivity index (χ0) is 23.6. The van der Waals surface area contributed by atoms with Crippen LogP contribution < -0.4 is 4.90 Å². The highest BCUT2D eigenvalue weighted by Gasteiger charge is 2.41. The Morgan fingerprint density at radius 2 is 1.78 bits per heavy atom. The van der Waals surface area contributed by atoms with E-state index in [1.54, 1.807) is 0 Å². The zero-order valence-electron chi connectivity index (χ0n) is 20.4. The van der Waals surface area contributed by atoms with E-state index in [4.69, 9.17) is 0 Å². The van der Waals surface area contributed by atoms with Gasteiger partial charge in [0.25, 0.3) is 0 Å². The van der Waals surface area contributed by atoms with Crippen molar-refractivity contribution >= 4 is 28.9 Å². The molecular weight excluding hydrogens is 420 g/mol. The van der Waals surface area contributed by atoms with Crippen LogP contribution in [0.5, 0.6) is 0 Å². The topological polar surface area (TPSA) is 60.9 Å². The number of hydrogen-bond acceptors (Lipinski definition) is 4. The summed E-state index contributed by atoms with van der Waals surface area (Å²) in [4.78, 5) is 30.9. The molecule has 0 spiro atoms. The Hall–Kier alpha value is -1.84. The lowest BCUT2D eigenvalue weighted by Gasteiger charge is -2.45. The van der Waals surface area contributed by atoms with E-state index in [1.807, 2.05) is 31.7 Å². The van der Waals surface area contributed by atoms with E-state index < -0.39 is 5.97 Å². The molecule has 3 rings (SSSR count). The third-order valence-electron chi connectivity index (χ3n) is 6.53. The van der Waals surface area contributed by atoms with E-state index in [0.29, 0.717) is 22.4 Å². The molecule has 1 N–H and O–H groups in total. The van der Waals surface area contributed by atoms with Crippen molar-refractivity contribution in [2.45, 2.75) is 72.3 Å². The van der Waals surface area contributed by atoms with Crippen LogP contribution in [0, 0.1) is 35.0 Å². The van der Waals surface area contributed by atoms with E-state index in [1.165, 1.54) is 11.3 Å². The van der Waals surface area contributed by atoms with Gasteiger partial charge in [0.05, 0.1) is 10.6 Å². The van der Waals surface area contributed by atoms with Crippen LogP contribution in [0.15, 0.2) is 6.07 Å². The molecule has 2 fully saturated rings. The summed E-state index contributed by atoms with van der Waals surface area (Å²) in [5.41, 5.74) is 0.382. The third-order valence-corrected chi connectivity index (χ3v) is 7.56. The summed E-state index contributed by atoms with van der Waals surface area (Å²) in [6, 6.07) is 1.91. The summed E-state index contributed by atoms with van der Waals surface area (Å²) in [6.07, 6.45) is 5.77. The molecule has 1 heterocycles. The van der Waals surface area contributed by atoms with Crippen LogP contribution in [0.3, 0.4) is 0 Å². The molecule has 0 bridgehead atoms. The van der Waals surface area contributed by atoms with E-state index in [2.05, 4.69) is 37.8 Å². The second kappa shape index (κ2) is 9.97. The number of carbonyl (C=O) groups is 2. The summed E-state index contributed by atoms with van der Waals surface area (Å²) in [5, 5.41) is 9.94. The number of rotatable bonds is 6. The van der Waals surface area contributed by atoms with Gasteiger partial charge in [-0.25, -0.2) is 4.79 Å². The SMILES string of the molecule is CN(C)CC1CC(N(c2cc(C#CC(C)(C)C)sc2C(=O)O)C(=O)[C@H]2CC[C@H](C)CC2)C1. The number of carbonyl (C=O) groups excluding carboxylic acids is 1. The van der Waals surface area contributed by atoms with E-state index in [-0.39, 0.29) is 28.2 Å². The number of nitrogens with zero attached hydrogens (tertiary/aromatic N) is 2. The normalized spacial score (nSPS) is 25.6. The van der Waals surface area contributed by atoms with Gasteiger partial charge < -0.3 is 14.9 Å². The predicted molar refractivity (Wildman–Crippen MR) is 131 cm³/mol. The van der Waals surface area contributed by atoms with E-state index in [0.717, 1.165) is 45.1 Å². The van der Waals surface area contributed by atoms with Gasteiger partial charge in [-0.15, -0.1) is 11.3 Å². The fourth-order valence-corrected chi connectivity index (χ4v) is 5.64. The van der Waals surface area contributed by atoms with Crippen molar-refractivity contribution in [3.8, 4) is 11.8 Å². The van der Waals surface area contributed by atoms with Crippen molar-refractivity contribution in [1.29, 1.82) is 0 Å². The summed E-state index contributed by atoms with van der Waals surface area (Å²) >= 11 is 1.19. The largest absolute Gasteiger partial charge is 0.477 e. The number of thiophene rings is 1. The highest BCUT2D eigenvalue weighted by Crippen LogP contribution is 2.41. The standard InChI is InChI=1S/C26H38N2O3S/c1-17-7-9-19(10-8-17)24(29)28(20-13-18(14-20)16-27(5)6)22-15-21(11-12-26(2,3)4)32-23(22)25(30)31/h15,17-20H,7-10,13-14,16H2,1-6H3,(H,30,31)/t17-,18?,19-,20?. The van der Waals surface area contributed by atoms with Gasteiger partial charge in [0.2, 0.25) is 5.91 Å². The molecule has 5 nitrogen and oxygen atoms in total. The fourth-order valence-electron chi connectivity index (χ4n) is 4.80. The van der Waals surface area contributed by atoms with Gasteiger partial charge in [-0.05, 0) is 91.3 Å². The van der Waals surface area contributed by atoms with Crippen LogP contribution >= 0.6 is 11.3 Å². The van der Waals surface area contributed by atoms with Crippen molar-refractivity contribution in [2.75, 3.05) is 25.5 Å². The Bertz CT molecular complexity index is 888. The highest BCUT2D eigenvalue weighted by molar-refractivity contribution is 7.15. The van der Waals surface area contributed by atoms with Crippen LogP contribution in [0.2, 0.25) is 0 Å². The van der Waals surface area contributed by atoms with Crippen LogP contribution in [0.25, 0.3) is 0 Å². The fraction of sp³-hybridized carbons (Fsp3) is 0.692. The van der Waals surface area contributed by atoms with Crippen molar-refractivity contribution in [1.82, 2.24) is 4.90 Å². The Kier molecular flexibility index (Phi) is 7.73. The van der Waals surface area contributed by atoms with Crippen LogP contribution in [-0.2, 0) is 4.79 Å². The third kappa shape index (κ3) is 6.14. The zero-order valence-corrected chi connectivity index (χ0v) is 21.2. The molecule has 1 aromatic rings. The van der Waals surface area contributed by atoms with Crippen LogP contribution in [-0.4, -0.2) is 48.6 Å². The number of amides is 1. The van der Waals surface area contributed by atoms with Gasteiger partial charge in [-0.1, -0.05) is 18.8 Å². The second-order valence-electron chi connectivity index (χ2n) is 11.0. The number of anilines is 1. The molecule has 0 aliphatic heterocycles. The Labute approximate surface area is 197 Å². The van der Waals surface area contributed by atoms with Crippen molar-refractivity contribution in [3.63, 3.8) is 0 Å². The first-order valence-corrected chi connectivity index (χ1v) is 12.6. The number of carboxylic acid groups (broad SMARTS) is 1. The first-order valence-electron chi connectivity index (χ1n) is 11.8. The van der Waals surface area contributed by atoms with E-state index in [9.17, 15) is 14.7 Å². The van der Waals surface area contributed by atoms with E-state index >= 15 is 0 Å². The summed E-state index contributed by atoms with van der Waals surface area (Å²) in [7, 11) is 4.14. The molecule has 6 heteroatoms. The molecule has 1 aromatic heterocycles. The van der Waals surface area contributed by atoms with Crippen molar-refractivity contribution in [3.05, 3.63) is 15.8 Å². The Morgan fingerprint density at radius 1 is 1.16 bits per heavy atom. The molecular formula is C26H38N2O3S. The molecule has 0 unspecified atom stereocenters. The van der Waals surface area contributed by atoms with Gasteiger partial charge >= 0.3 is 5.97 Å². The van der Waals surface area contributed by atoms with Gasteiger partial charge in [0.1, 0.15) is 4.88 Å². The summed E-state index contributed by atoms with van der Waals surface area (Å²) in [6.45, 7) is 9.35. The number of carboxylic acids is 1. The lowest BCUT2D eigenvalue weighted by Crippen LogP contribution is -2.52. The lowest BCUT2D eigenvalue weighted by atomic mass is 9.77. The first-order chi connectivity index (χ1) is 14.9. The maximum Gasteiger partial charge on any atom is 0.348 e. The number of hydrogen-bond donors (Lipinski definition) is 1. The average molecular weight is 459 g/mol. The van der Waals surface area contributed by atoms with Gasteiger partial charge in [0.15, 0.2) is 0 Å². The average Bonchev–Trinajstić information content (AvgIpc) is 3.08. The van der Waals surface area contributed by atoms with Crippen LogP contribution in [0.4, 0.5) is 5.69 Å². The molecule has 0 radical (unpaired) electrons. The minimum absolute atomic E-state index is 0.00949. The molecule has 0 aromatic carbocycles.